The van der Waals surface area contributed by atoms with Crippen molar-refractivity contribution in [2.45, 2.75) is 25.9 Å². The molecule has 1 atom stereocenters. The second kappa shape index (κ2) is 8.11. The van der Waals surface area contributed by atoms with Crippen LogP contribution in [0.4, 0.5) is 0 Å². The molecule has 0 aliphatic heterocycles. The predicted octanol–water partition coefficient (Wildman–Crippen LogP) is 4.10. The van der Waals surface area contributed by atoms with Gasteiger partial charge in [-0.1, -0.05) is 42.5 Å². The van der Waals surface area contributed by atoms with Crippen LogP contribution in [0.25, 0.3) is 11.1 Å². The van der Waals surface area contributed by atoms with Gasteiger partial charge in [-0.05, 0) is 35.7 Å². The number of hydrogen-bond acceptors (Lipinski definition) is 3. The van der Waals surface area contributed by atoms with Gasteiger partial charge in [-0.15, -0.1) is 6.58 Å². The Hall–Kier alpha value is -2.88. The van der Waals surface area contributed by atoms with Gasteiger partial charge in [-0.2, -0.15) is 0 Å². The molecule has 0 bridgehead atoms. The zero-order valence-corrected chi connectivity index (χ0v) is 13.6. The fourth-order valence-corrected chi connectivity index (χ4v) is 2.40. The van der Waals surface area contributed by atoms with Crippen LogP contribution in [0.3, 0.4) is 0 Å². The van der Waals surface area contributed by atoms with Crippen LogP contribution in [-0.4, -0.2) is 23.1 Å². The molecule has 0 aliphatic rings. The average molecular weight is 324 g/mol. The summed E-state index contributed by atoms with van der Waals surface area (Å²) in [7, 11) is 0. The van der Waals surface area contributed by atoms with E-state index < -0.39 is 5.97 Å². The Labute approximate surface area is 141 Å². The van der Waals surface area contributed by atoms with Gasteiger partial charge in [0, 0.05) is 6.42 Å². The number of carboxylic acid groups (broad SMARTS) is 1. The maximum atomic E-state index is 11.4. The average Bonchev–Trinajstić information content (AvgIpc) is 2.55. The largest absolute Gasteiger partial charge is 0.478 e. The number of carbonyl (C=O) groups is 2. The summed E-state index contributed by atoms with van der Waals surface area (Å²) in [6.07, 6.45) is 2.19. The second-order valence-electron chi connectivity index (χ2n) is 5.58. The molecule has 0 heterocycles. The summed E-state index contributed by atoms with van der Waals surface area (Å²) in [5, 5.41) is 8.92. The van der Waals surface area contributed by atoms with Gasteiger partial charge in [0.1, 0.15) is 6.10 Å². The number of rotatable bonds is 7. The molecule has 24 heavy (non-hydrogen) atoms. The van der Waals surface area contributed by atoms with Gasteiger partial charge in [-0.25, -0.2) is 4.79 Å². The third-order valence-electron chi connectivity index (χ3n) is 3.59. The highest BCUT2D eigenvalue weighted by molar-refractivity contribution is 5.88. The molecule has 2 aromatic rings. The number of carbonyl (C=O) groups excluding carboxylic acids is 1. The Bertz CT molecular complexity index is 714. The fourth-order valence-electron chi connectivity index (χ4n) is 2.40. The highest BCUT2D eigenvalue weighted by atomic mass is 16.5. The summed E-state index contributed by atoms with van der Waals surface area (Å²) in [5.74, 6) is -1.20. The third-order valence-corrected chi connectivity index (χ3v) is 3.59. The number of hydrogen-bond donors (Lipinski definition) is 1. The summed E-state index contributed by atoms with van der Waals surface area (Å²) in [5.41, 5.74) is 3.30. The molecule has 4 heteroatoms. The van der Waals surface area contributed by atoms with E-state index in [9.17, 15) is 9.59 Å². The predicted molar refractivity (Wildman–Crippen MR) is 92.9 cm³/mol. The van der Waals surface area contributed by atoms with Crippen molar-refractivity contribution in [3.63, 3.8) is 0 Å². The Kier molecular flexibility index (Phi) is 5.90. The fraction of sp³-hybridized carbons (Fsp3) is 0.200. The molecule has 0 fully saturated rings. The third kappa shape index (κ3) is 4.81. The summed E-state index contributed by atoms with van der Waals surface area (Å²) in [4.78, 5) is 22.3. The first kappa shape index (κ1) is 17.5. The molecule has 2 aromatic carbocycles. The second-order valence-corrected chi connectivity index (χ2v) is 5.58. The maximum absolute atomic E-state index is 11.4. The lowest BCUT2D eigenvalue weighted by Crippen LogP contribution is -2.16. The molecule has 0 amide bonds. The maximum Gasteiger partial charge on any atom is 0.335 e. The number of carboxylic acids is 1. The molecule has 0 aromatic heterocycles. The van der Waals surface area contributed by atoms with Crippen LogP contribution in [0.2, 0.25) is 0 Å². The first-order chi connectivity index (χ1) is 11.5. The number of ether oxygens (including phenoxy) is 1. The number of esters is 1. The van der Waals surface area contributed by atoms with Crippen LogP contribution in [0, 0.1) is 0 Å². The first-order valence-electron chi connectivity index (χ1n) is 7.72. The van der Waals surface area contributed by atoms with Crippen LogP contribution in [0.15, 0.2) is 61.2 Å². The molecular formula is C20H20O4. The lowest BCUT2D eigenvalue weighted by molar-refractivity contribution is -0.147. The molecule has 0 spiro atoms. The first-order valence-corrected chi connectivity index (χ1v) is 7.72. The molecule has 0 saturated heterocycles. The standard InChI is InChI=1S/C20H20O4/c1-3-4-19(21)24-14(2)13-15-5-7-16(8-6-15)17-9-11-18(12-10-17)20(22)23/h3,5-12,14H,1,4,13H2,2H3,(H,22,23). The normalized spacial score (nSPS) is 11.5. The highest BCUT2D eigenvalue weighted by Gasteiger charge is 2.09. The quantitative estimate of drug-likeness (QED) is 0.615. The van der Waals surface area contributed by atoms with Crippen molar-refractivity contribution >= 4 is 11.9 Å². The molecule has 4 nitrogen and oxygen atoms in total. The summed E-state index contributed by atoms with van der Waals surface area (Å²) in [6.45, 7) is 5.37. The van der Waals surface area contributed by atoms with Crippen molar-refractivity contribution in [2.24, 2.45) is 0 Å². The van der Waals surface area contributed by atoms with Crippen molar-refractivity contribution in [1.82, 2.24) is 0 Å². The van der Waals surface area contributed by atoms with Gasteiger partial charge in [0.05, 0.1) is 12.0 Å². The Morgan fingerprint density at radius 2 is 1.62 bits per heavy atom. The van der Waals surface area contributed by atoms with E-state index >= 15 is 0 Å². The number of aromatic carboxylic acids is 1. The topological polar surface area (TPSA) is 63.6 Å². The van der Waals surface area contributed by atoms with Crippen molar-refractivity contribution in [3.05, 3.63) is 72.3 Å². The summed E-state index contributed by atoms with van der Waals surface area (Å²) in [6, 6.07) is 14.7. The van der Waals surface area contributed by atoms with E-state index in [0.717, 1.165) is 16.7 Å². The monoisotopic (exact) mass is 324 g/mol. The highest BCUT2D eigenvalue weighted by Crippen LogP contribution is 2.21. The van der Waals surface area contributed by atoms with Gasteiger partial charge in [-0.3, -0.25) is 4.79 Å². The molecule has 1 unspecified atom stereocenters. The zero-order valence-electron chi connectivity index (χ0n) is 13.6. The van der Waals surface area contributed by atoms with Crippen LogP contribution in [0.5, 0.6) is 0 Å². The SMILES string of the molecule is C=CCC(=O)OC(C)Cc1ccc(-c2ccc(C(=O)O)cc2)cc1. The van der Waals surface area contributed by atoms with Gasteiger partial charge in [0.2, 0.25) is 0 Å². The van der Waals surface area contributed by atoms with Crippen molar-refractivity contribution in [1.29, 1.82) is 0 Å². The molecule has 1 N–H and O–H groups in total. The lowest BCUT2D eigenvalue weighted by Gasteiger charge is -2.13. The molecule has 0 aliphatic carbocycles. The molecular weight excluding hydrogens is 304 g/mol. The van der Waals surface area contributed by atoms with E-state index in [1.165, 1.54) is 6.08 Å². The lowest BCUT2D eigenvalue weighted by atomic mass is 10.0. The van der Waals surface area contributed by atoms with Crippen LogP contribution in [0.1, 0.15) is 29.3 Å². The van der Waals surface area contributed by atoms with Gasteiger partial charge in [0.25, 0.3) is 0 Å². The summed E-state index contributed by atoms with van der Waals surface area (Å²) < 4.78 is 5.28. The van der Waals surface area contributed by atoms with Crippen LogP contribution in [-0.2, 0) is 16.0 Å². The van der Waals surface area contributed by atoms with Crippen LogP contribution < -0.4 is 0 Å². The van der Waals surface area contributed by atoms with Crippen molar-refractivity contribution in [2.75, 3.05) is 0 Å². The Morgan fingerprint density at radius 3 is 2.12 bits per heavy atom. The van der Waals surface area contributed by atoms with E-state index in [1.807, 2.05) is 31.2 Å². The van der Waals surface area contributed by atoms with E-state index in [4.69, 9.17) is 9.84 Å². The Morgan fingerprint density at radius 1 is 1.08 bits per heavy atom. The molecule has 0 radical (unpaired) electrons. The minimum absolute atomic E-state index is 0.196. The molecule has 124 valence electrons. The van der Waals surface area contributed by atoms with Gasteiger partial charge >= 0.3 is 11.9 Å². The summed E-state index contributed by atoms with van der Waals surface area (Å²) >= 11 is 0. The van der Waals surface area contributed by atoms with E-state index in [0.29, 0.717) is 6.42 Å². The smallest absolute Gasteiger partial charge is 0.335 e. The van der Waals surface area contributed by atoms with Gasteiger partial charge < -0.3 is 9.84 Å². The Balaban J connectivity index is 2.01. The van der Waals surface area contributed by atoms with Gasteiger partial charge in [0.15, 0.2) is 0 Å². The molecule has 2 rings (SSSR count). The minimum atomic E-state index is -0.933. The van der Waals surface area contributed by atoms with E-state index in [-0.39, 0.29) is 24.1 Å². The molecule has 0 saturated carbocycles. The van der Waals surface area contributed by atoms with Crippen molar-refractivity contribution in [3.8, 4) is 11.1 Å². The number of benzene rings is 2. The minimum Gasteiger partial charge on any atom is -0.478 e. The zero-order chi connectivity index (χ0) is 17.5. The van der Waals surface area contributed by atoms with Crippen molar-refractivity contribution < 1.29 is 19.4 Å². The van der Waals surface area contributed by atoms with Crippen LogP contribution >= 0.6 is 0 Å². The van der Waals surface area contributed by atoms with E-state index in [1.54, 1.807) is 24.3 Å². The van der Waals surface area contributed by atoms with E-state index in [2.05, 4.69) is 6.58 Å².